The molecule has 0 aromatic carbocycles. The van der Waals surface area contributed by atoms with E-state index in [4.69, 9.17) is 0 Å². The van der Waals surface area contributed by atoms with Gasteiger partial charge in [-0.25, -0.2) is 8.42 Å². The van der Waals surface area contributed by atoms with Crippen LogP contribution in [-0.4, -0.2) is 51.4 Å². The van der Waals surface area contributed by atoms with E-state index < -0.39 is 15.9 Å². The molecule has 0 spiro atoms. The molecule has 0 aliphatic carbocycles. The molecule has 7 nitrogen and oxygen atoms in total. The van der Waals surface area contributed by atoms with Crippen molar-refractivity contribution >= 4 is 27.3 Å². The van der Waals surface area contributed by atoms with Crippen molar-refractivity contribution in [3.05, 3.63) is 34.6 Å². The highest BCUT2D eigenvalue weighted by Crippen LogP contribution is 2.29. The summed E-state index contributed by atoms with van der Waals surface area (Å²) < 4.78 is 30.0. The van der Waals surface area contributed by atoms with Crippen LogP contribution in [0.2, 0.25) is 0 Å². The lowest BCUT2D eigenvalue weighted by Gasteiger charge is -2.35. The van der Waals surface area contributed by atoms with Gasteiger partial charge in [0.2, 0.25) is 0 Å². The average molecular weight is 354 g/mol. The third-order valence-electron chi connectivity index (χ3n) is 4.03. The predicted molar refractivity (Wildman–Crippen MR) is 87.2 cm³/mol. The first kappa shape index (κ1) is 16.1. The van der Waals surface area contributed by atoms with E-state index in [-0.39, 0.29) is 24.0 Å². The molecule has 0 N–H and O–H groups in total. The van der Waals surface area contributed by atoms with Crippen LogP contribution < -0.4 is 0 Å². The van der Waals surface area contributed by atoms with E-state index in [2.05, 4.69) is 9.47 Å². The summed E-state index contributed by atoms with van der Waals surface area (Å²) in [5.41, 5.74) is 1.97. The largest absolute Gasteiger partial charge is 0.329 e. The molecule has 3 rings (SSSR count). The van der Waals surface area contributed by atoms with E-state index in [1.165, 1.54) is 11.5 Å². The molecule has 0 bridgehead atoms. The molecule has 0 saturated carbocycles. The normalized spacial score (nSPS) is 20.6. The highest BCUT2D eigenvalue weighted by molar-refractivity contribution is 7.91. The van der Waals surface area contributed by atoms with Gasteiger partial charge in [-0.1, -0.05) is 0 Å². The molecule has 23 heavy (non-hydrogen) atoms. The van der Waals surface area contributed by atoms with Crippen molar-refractivity contribution in [1.29, 1.82) is 0 Å². The maximum atomic E-state index is 12.8. The molecule has 2 aromatic heterocycles. The van der Waals surface area contributed by atoms with Gasteiger partial charge in [0.15, 0.2) is 9.84 Å². The smallest absolute Gasteiger partial charge is 0.257 e. The van der Waals surface area contributed by atoms with Crippen molar-refractivity contribution in [2.75, 3.05) is 18.1 Å². The third kappa shape index (κ3) is 3.16. The van der Waals surface area contributed by atoms with Gasteiger partial charge in [-0.2, -0.15) is 9.47 Å². The molecule has 2 aromatic rings. The number of carbonyl (C=O) groups is 1. The topological polar surface area (TPSA) is 85.2 Å². The van der Waals surface area contributed by atoms with Gasteiger partial charge in [0.05, 0.1) is 35.0 Å². The van der Waals surface area contributed by atoms with Crippen molar-refractivity contribution < 1.29 is 13.2 Å². The summed E-state index contributed by atoms with van der Waals surface area (Å²) in [5, 5.41) is 5.92. The van der Waals surface area contributed by atoms with Gasteiger partial charge >= 0.3 is 0 Å². The number of amides is 1. The van der Waals surface area contributed by atoms with Gasteiger partial charge in [0.1, 0.15) is 0 Å². The van der Waals surface area contributed by atoms with Gasteiger partial charge in [0.25, 0.3) is 5.91 Å². The molecule has 124 valence electrons. The second kappa shape index (κ2) is 6.04. The highest BCUT2D eigenvalue weighted by atomic mass is 32.2. The van der Waals surface area contributed by atoms with E-state index in [9.17, 15) is 13.2 Å². The zero-order valence-corrected chi connectivity index (χ0v) is 14.6. The molecule has 1 aliphatic heterocycles. The van der Waals surface area contributed by atoms with Crippen LogP contribution in [-0.2, 0) is 16.4 Å². The molecular weight excluding hydrogens is 336 g/mol. The third-order valence-corrected chi connectivity index (χ3v) is 6.38. The molecule has 3 heterocycles. The Morgan fingerprint density at radius 1 is 1.48 bits per heavy atom. The summed E-state index contributed by atoms with van der Waals surface area (Å²) >= 11 is 1.23. The van der Waals surface area contributed by atoms with Gasteiger partial charge in [-0.05, 0) is 25.4 Å². The second-order valence-corrected chi connectivity index (χ2v) is 8.43. The number of sulfone groups is 1. The summed E-state index contributed by atoms with van der Waals surface area (Å²) in [7, 11) is -3.17. The highest BCUT2D eigenvalue weighted by Gasteiger charge is 2.36. The van der Waals surface area contributed by atoms with E-state index >= 15 is 0 Å². The summed E-state index contributed by atoms with van der Waals surface area (Å²) in [6.07, 6.45) is 3.46. The van der Waals surface area contributed by atoms with Crippen molar-refractivity contribution in [1.82, 2.24) is 19.1 Å². The molecule has 1 amide bonds. The zero-order valence-electron chi connectivity index (χ0n) is 13.0. The first-order chi connectivity index (χ1) is 10.9. The SMILES string of the molecule is CCn1cc([C@H]2CS(=O)(=O)CCN2C(=O)c2csnc2C)cn1. The lowest BCUT2D eigenvalue weighted by molar-refractivity contribution is 0.0697. The Balaban J connectivity index is 1.96. The van der Waals surface area contributed by atoms with Crippen LogP contribution >= 0.6 is 11.5 Å². The van der Waals surface area contributed by atoms with Crippen LogP contribution in [0, 0.1) is 6.92 Å². The molecule has 1 aliphatic rings. The predicted octanol–water partition coefficient (Wildman–Crippen LogP) is 1.28. The fourth-order valence-corrected chi connectivity index (χ4v) is 4.88. The standard InChI is InChI=1S/C14H18N4O3S2/c1-3-17-7-11(6-15-17)13-9-23(20,21)5-4-18(13)14(19)12-8-22-16-10(12)2/h6-8,13H,3-5,9H2,1-2H3/t13-/m1/s1. The maximum Gasteiger partial charge on any atom is 0.257 e. The van der Waals surface area contributed by atoms with E-state index in [1.807, 2.05) is 13.1 Å². The first-order valence-corrected chi connectivity index (χ1v) is 10.0. The Morgan fingerprint density at radius 3 is 2.87 bits per heavy atom. The molecule has 1 atom stereocenters. The first-order valence-electron chi connectivity index (χ1n) is 7.36. The Kier molecular flexibility index (Phi) is 4.24. The number of hydrogen-bond acceptors (Lipinski definition) is 6. The molecule has 1 saturated heterocycles. The average Bonchev–Trinajstić information content (AvgIpc) is 3.14. The summed E-state index contributed by atoms with van der Waals surface area (Å²) in [4.78, 5) is 14.5. The summed E-state index contributed by atoms with van der Waals surface area (Å²) in [6, 6.07) is -0.499. The van der Waals surface area contributed by atoms with Crippen LogP contribution in [0.25, 0.3) is 0 Å². The number of rotatable bonds is 3. The Hall–Kier alpha value is -1.74. The van der Waals surface area contributed by atoms with Gasteiger partial charge in [0, 0.05) is 30.2 Å². The van der Waals surface area contributed by atoms with E-state index in [0.29, 0.717) is 17.8 Å². The monoisotopic (exact) mass is 354 g/mol. The molecule has 1 fully saturated rings. The minimum Gasteiger partial charge on any atom is -0.329 e. The van der Waals surface area contributed by atoms with Crippen LogP contribution in [0.15, 0.2) is 17.8 Å². The number of hydrogen-bond donors (Lipinski definition) is 0. The van der Waals surface area contributed by atoms with Gasteiger partial charge in [-0.15, -0.1) is 0 Å². The minimum atomic E-state index is -3.17. The summed E-state index contributed by atoms with van der Waals surface area (Å²) in [6.45, 7) is 4.63. The maximum absolute atomic E-state index is 12.8. The second-order valence-electron chi connectivity index (χ2n) is 5.57. The Morgan fingerprint density at radius 2 is 2.26 bits per heavy atom. The van der Waals surface area contributed by atoms with Crippen molar-refractivity contribution in [3.63, 3.8) is 0 Å². The molecule has 0 unspecified atom stereocenters. The molecule has 0 radical (unpaired) electrons. The lowest BCUT2D eigenvalue weighted by atomic mass is 10.1. The number of aryl methyl sites for hydroxylation is 2. The van der Waals surface area contributed by atoms with Crippen LogP contribution in [0.5, 0.6) is 0 Å². The van der Waals surface area contributed by atoms with Crippen LogP contribution in [0.4, 0.5) is 0 Å². The lowest BCUT2D eigenvalue weighted by Crippen LogP contribution is -2.46. The fourth-order valence-electron chi connectivity index (χ4n) is 2.70. The minimum absolute atomic E-state index is 0.00618. The van der Waals surface area contributed by atoms with E-state index in [0.717, 1.165) is 5.56 Å². The Bertz CT molecular complexity index is 825. The molecular formula is C14H18N4O3S2. The van der Waals surface area contributed by atoms with Crippen LogP contribution in [0.1, 0.15) is 34.6 Å². The number of nitrogens with zero attached hydrogens (tertiary/aromatic N) is 4. The van der Waals surface area contributed by atoms with E-state index in [1.54, 1.807) is 28.1 Å². The Labute approximate surface area is 139 Å². The number of aromatic nitrogens is 3. The number of carbonyl (C=O) groups excluding carboxylic acids is 1. The quantitative estimate of drug-likeness (QED) is 0.829. The van der Waals surface area contributed by atoms with Gasteiger partial charge < -0.3 is 4.90 Å². The van der Waals surface area contributed by atoms with Crippen molar-refractivity contribution in [3.8, 4) is 0 Å². The van der Waals surface area contributed by atoms with Crippen LogP contribution in [0.3, 0.4) is 0 Å². The zero-order chi connectivity index (χ0) is 16.6. The van der Waals surface area contributed by atoms with Crippen molar-refractivity contribution in [2.45, 2.75) is 26.4 Å². The fraction of sp³-hybridized carbons (Fsp3) is 0.500. The van der Waals surface area contributed by atoms with Crippen molar-refractivity contribution in [2.24, 2.45) is 0 Å². The van der Waals surface area contributed by atoms with Gasteiger partial charge in [-0.3, -0.25) is 9.48 Å². The summed E-state index contributed by atoms with van der Waals surface area (Å²) in [5.74, 6) is -0.237. The molecule has 9 heteroatoms.